The summed E-state index contributed by atoms with van der Waals surface area (Å²) in [5.74, 6) is -0.297. The lowest BCUT2D eigenvalue weighted by Gasteiger charge is -2.18. The zero-order valence-electron chi connectivity index (χ0n) is 12.0. The summed E-state index contributed by atoms with van der Waals surface area (Å²) in [5.41, 5.74) is 2.35. The summed E-state index contributed by atoms with van der Waals surface area (Å²) in [6.45, 7) is 0.972. The number of benzene rings is 1. The summed E-state index contributed by atoms with van der Waals surface area (Å²) >= 11 is 0. The molecule has 0 aliphatic carbocycles. The van der Waals surface area contributed by atoms with Crippen molar-refractivity contribution in [2.75, 3.05) is 27.3 Å². The van der Waals surface area contributed by atoms with E-state index in [4.69, 9.17) is 4.74 Å². The summed E-state index contributed by atoms with van der Waals surface area (Å²) in [6, 6.07) is 4.25. The van der Waals surface area contributed by atoms with Gasteiger partial charge in [-0.2, -0.15) is 4.31 Å². The number of ether oxygens (including phenoxy) is 1. The molecule has 1 N–H and O–H groups in total. The first-order chi connectivity index (χ1) is 10.0. The van der Waals surface area contributed by atoms with E-state index in [1.807, 2.05) is 0 Å². The first kappa shape index (κ1) is 15.7. The van der Waals surface area contributed by atoms with Crippen LogP contribution in [0.2, 0.25) is 0 Å². The van der Waals surface area contributed by atoms with Crippen molar-refractivity contribution in [3.63, 3.8) is 0 Å². The van der Waals surface area contributed by atoms with Crippen molar-refractivity contribution in [2.24, 2.45) is 0 Å². The molecule has 0 aromatic heterocycles. The maximum absolute atomic E-state index is 12.6. The number of carbonyl (C=O) groups excluding carboxylic acids is 1. The smallest absolute Gasteiger partial charge is 0.274 e. The monoisotopic (exact) mass is 314 g/mol. The lowest BCUT2D eigenvalue weighted by molar-refractivity contribution is 0.0537. The second kappa shape index (κ2) is 6.42. The molecule has 1 aliphatic heterocycles. The number of hydroxylamine groups is 1. The molecule has 0 saturated carbocycles. The summed E-state index contributed by atoms with van der Waals surface area (Å²) < 4.78 is 31.8. The molecule has 1 aromatic carbocycles. The van der Waals surface area contributed by atoms with Crippen molar-refractivity contribution in [3.8, 4) is 5.75 Å². The molecule has 1 saturated heterocycles. The quantitative estimate of drug-likeness (QED) is 0.812. The molecule has 0 bridgehead atoms. The highest BCUT2D eigenvalue weighted by Crippen LogP contribution is 2.29. The van der Waals surface area contributed by atoms with Crippen molar-refractivity contribution >= 4 is 15.9 Å². The zero-order chi connectivity index (χ0) is 15.5. The van der Waals surface area contributed by atoms with Crippen LogP contribution in [0.25, 0.3) is 0 Å². The van der Waals surface area contributed by atoms with Crippen LogP contribution in [0.15, 0.2) is 23.1 Å². The molecule has 8 heteroatoms. The molecule has 0 radical (unpaired) electrons. The summed E-state index contributed by atoms with van der Waals surface area (Å²) in [7, 11) is -0.960. The average Bonchev–Trinajstić information content (AvgIpc) is 3.01. The van der Waals surface area contributed by atoms with E-state index < -0.39 is 15.9 Å². The first-order valence-corrected chi connectivity index (χ1v) is 7.96. The van der Waals surface area contributed by atoms with E-state index in [0.29, 0.717) is 13.1 Å². The van der Waals surface area contributed by atoms with Gasteiger partial charge in [-0.15, -0.1) is 0 Å². The Morgan fingerprint density at radius 2 is 1.90 bits per heavy atom. The van der Waals surface area contributed by atoms with E-state index in [1.54, 1.807) is 0 Å². The van der Waals surface area contributed by atoms with Gasteiger partial charge < -0.3 is 4.74 Å². The Morgan fingerprint density at radius 3 is 2.48 bits per heavy atom. The predicted molar refractivity (Wildman–Crippen MR) is 75.5 cm³/mol. The van der Waals surface area contributed by atoms with E-state index in [0.717, 1.165) is 12.8 Å². The van der Waals surface area contributed by atoms with Gasteiger partial charge >= 0.3 is 0 Å². The number of methoxy groups -OCH3 is 1. The number of sulfonamides is 1. The number of nitrogens with zero attached hydrogens (tertiary/aromatic N) is 1. The van der Waals surface area contributed by atoms with Crippen LogP contribution in [-0.2, 0) is 14.9 Å². The highest BCUT2D eigenvalue weighted by molar-refractivity contribution is 7.89. The van der Waals surface area contributed by atoms with Gasteiger partial charge in [0.15, 0.2) is 0 Å². The molecule has 1 aliphatic rings. The molecule has 21 heavy (non-hydrogen) atoms. The Kier molecular flexibility index (Phi) is 4.81. The number of carbonyl (C=O) groups is 1. The van der Waals surface area contributed by atoms with Gasteiger partial charge in [0.2, 0.25) is 10.0 Å². The molecule has 1 aromatic rings. The number of rotatable bonds is 5. The van der Waals surface area contributed by atoms with Crippen LogP contribution in [0, 0.1) is 0 Å². The van der Waals surface area contributed by atoms with Crippen molar-refractivity contribution < 1.29 is 22.8 Å². The molecule has 1 amide bonds. The second-order valence-electron chi connectivity index (χ2n) is 4.61. The van der Waals surface area contributed by atoms with Gasteiger partial charge in [-0.25, -0.2) is 13.9 Å². The van der Waals surface area contributed by atoms with Crippen LogP contribution in [-0.4, -0.2) is 45.9 Å². The van der Waals surface area contributed by atoms with Crippen molar-refractivity contribution in [1.82, 2.24) is 9.79 Å². The summed E-state index contributed by atoms with van der Waals surface area (Å²) in [4.78, 5) is 16.3. The van der Waals surface area contributed by atoms with Crippen LogP contribution < -0.4 is 10.2 Å². The van der Waals surface area contributed by atoms with E-state index in [1.165, 1.54) is 36.7 Å². The molecule has 0 atom stereocenters. The zero-order valence-corrected chi connectivity index (χ0v) is 12.8. The highest BCUT2D eigenvalue weighted by atomic mass is 32.2. The SMILES string of the molecule is CONC(=O)c1ccc(OC)c(S(=O)(=O)N2CCCC2)c1. The van der Waals surface area contributed by atoms with Crippen LogP contribution >= 0.6 is 0 Å². The standard InChI is InChI=1S/C13H18N2O5S/c1-19-11-6-5-10(13(16)14-20-2)9-12(11)21(17,18)15-7-3-4-8-15/h5-6,9H,3-4,7-8H2,1-2H3,(H,14,16). The van der Waals surface area contributed by atoms with Crippen LogP contribution in [0.5, 0.6) is 5.75 Å². The van der Waals surface area contributed by atoms with E-state index in [2.05, 4.69) is 10.3 Å². The van der Waals surface area contributed by atoms with Gasteiger partial charge in [0, 0.05) is 18.7 Å². The van der Waals surface area contributed by atoms with Crippen LogP contribution in [0.4, 0.5) is 0 Å². The van der Waals surface area contributed by atoms with Gasteiger partial charge in [0.1, 0.15) is 10.6 Å². The fraction of sp³-hybridized carbons (Fsp3) is 0.462. The summed E-state index contributed by atoms with van der Waals surface area (Å²) in [5, 5.41) is 0. The molecule has 1 fully saturated rings. The molecule has 7 nitrogen and oxygen atoms in total. The Labute approximate surface area is 123 Å². The fourth-order valence-electron chi connectivity index (χ4n) is 2.24. The third-order valence-electron chi connectivity index (χ3n) is 3.30. The van der Waals surface area contributed by atoms with Crippen molar-refractivity contribution in [2.45, 2.75) is 17.7 Å². The molecule has 0 spiro atoms. The largest absolute Gasteiger partial charge is 0.495 e. The predicted octanol–water partition coefficient (Wildman–Crippen LogP) is 0.771. The number of amides is 1. The third kappa shape index (κ3) is 3.17. The Balaban J connectivity index is 2.45. The molecular formula is C13H18N2O5S. The normalized spacial score (nSPS) is 15.9. The lowest BCUT2D eigenvalue weighted by atomic mass is 10.2. The Hall–Kier alpha value is -1.64. The summed E-state index contributed by atoms with van der Waals surface area (Å²) in [6.07, 6.45) is 1.68. The van der Waals surface area contributed by atoms with Crippen LogP contribution in [0.1, 0.15) is 23.2 Å². The molecule has 0 unspecified atom stereocenters. The maximum atomic E-state index is 12.6. The van der Waals surface area contributed by atoms with Gasteiger partial charge in [-0.1, -0.05) is 0 Å². The molecule has 2 rings (SSSR count). The number of hydrogen-bond donors (Lipinski definition) is 1. The minimum absolute atomic E-state index is 0.00402. The van der Waals surface area contributed by atoms with Crippen molar-refractivity contribution in [3.05, 3.63) is 23.8 Å². The molecule has 1 heterocycles. The second-order valence-corrected chi connectivity index (χ2v) is 6.52. The van der Waals surface area contributed by atoms with E-state index in [-0.39, 0.29) is 16.2 Å². The third-order valence-corrected chi connectivity index (χ3v) is 5.22. The fourth-order valence-corrected chi connectivity index (χ4v) is 3.94. The topological polar surface area (TPSA) is 84.9 Å². The van der Waals surface area contributed by atoms with E-state index >= 15 is 0 Å². The van der Waals surface area contributed by atoms with Gasteiger partial charge in [-0.05, 0) is 31.0 Å². The van der Waals surface area contributed by atoms with Gasteiger partial charge in [-0.3, -0.25) is 9.63 Å². The van der Waals surface area contributed by atoms with Crippen LogP contribution in [0.3, 0.4) is 0 Å². The van der Waals surface area contributed by atoms with E-state index in [9.17, 15) is 13.2 Å². The highest BCUT2D eigenvalue weighted by Gasteiger charge is 2.30. The average molecular weight is 314 g/mol. The maximum Gasteiger partial charge on any atom is 0.274 e. The van der Waals surface area contributed by atoms with Crippen molar-refractivity contribution in [1.29, 1.82) is 0 Å². The molecule has 116 valence electrons. The minimum atomic E-state index is -3.66. The Bertz CT molecular complexity index is 623. The lowest BCUT2D eigenvalue weighted by Crippen LogP contribution is -2.29. The first-order valence-electron chi connectivity index (χ1n) is 6.52. The number of hydrogen-bond acceptors (Lipinski definition) is 5. The minimum Gasteiger partial charge on any atom is -0.495 e. The molecular weight excluding hydrogens is 296 g/mol. The number of nitrogens with one attached hydrogen (secondary N) is 1. The Morgan fingerprint density at radius 1 is 1.24 bits per heavy atom. The van der Waals surface area contributed by atoms with Gasteiger partial charge in [0.25, 0.3) is 5.91 Å². The van der Waals surface area contributed by atoms with Gasteiger partial charge in [0.05, 0.1) is 14.2 Å².